The summed E-state index contributed by atoms with van der Waals surface area (Å²) in [6.07, 6.45) is -1.05. The average Bonchev–Trinajstić information content (AvgIpc) is 2.59. The number of aliphatic hydroxyl groups is 1. The number of benzene rings is 1. The molecule has 0 unspecified atom stereocenters. The Morgan fingerprint density at radius 3 is 2.61 bits per heavy atom. The predicted molar refractivity (Wildman–Crippen MR) is 99.8 cm³/mol. The van der Waals surface area contributed by atoms with Gasteiger partial charge in [0.05, 0.1) is 24.3 Å². The number of aliphatic carboxylic acids is 1. The highest BCUT2D eigenvalue weighted by atomic mass is 19.1. The number of anilines is 1. The average molecular weight is 399 g/mol. The van der Waals surface area contributed by atoms with Gasteiger partial charge in [-0.1, -0.05) is 6.92 Å². The van der Waals surface area contributed by atoms with Crippen molar-refractivity contribution >= 4 is 17.6 Å². The lowest BCUT2D eigenvalue weighted by atomic mass is 9.94. The first-order valence-electron chi connectivity index (χ1n) is 9.09. The minimum absolute atomic E-state index is 0.000651. The van der Waals surface area contributed by atoms with Gasteiger partial charge in [-0.15, -0.1) is 0 Å². The third-order valence-electron chi connectivity index (χ3n) is 5.17. The Morgan fingerprint density at radius 2 is 2.00 bits per heavy atom. The van der Waals surface area contributed by atoms with Crippen LogP contribution in [0, 0.1) is 17.6 Å². The van der Waals surface area contributed by atoms with Gasteiger partial charge in [0, 0.05) is 30.7 Å². The van der Waals surface area contributed by atoms with Crippen molar-refractivity contribution in [1.82, 2.24) is 4.90 Å². The number of piperazine rings is 1. The van der Waals surface area contributed by atoms with Crippen molar-refractivity contribution in [1.29, 1.82) is 0 Å². The number of halogens is 2. The van der Waals surface area contributed by atoms with Crippen molar-refractivity contribution in [3.63, 3.8) is 0 Å². The summed E-state index contributed by atoms with van der Waals surface area (Å²) in [5.41, 5.74) is 5.30. The number of hydrogen-bond acceptors (Lipinski definition) is 5. The van der Waals surface area contributed by atoms with E-state index in [0.29, 0.717) is 0 Å². The predicted octanol–water partition coefficient (Wildman–Crippen LogP) is 1.19. The second kappa shape index (κ2) is 8.50. The van der Waals surface area contributed by atoms with Crippen LogP contribution in [0.15, 0.2) is 18.2 Å². The van der Waals surface area contributed by atoms with Gasteiger partial charge in [0.25, 0.3) is 0 Å². The molecule has 0 spiro atoms. The highest BCUT2D eigenvalue weighted by molar-refractivity contribution is 5.96. The second-order valence-corrected chi connectivity index (χ2v) is 7.97. The summed E-state index contributed by atoms with van der Waals surface area (Å²) in [6.45, 7) is 5.34. The second-order valence-electron chi connectivity index (χ2n) is 7.97. The molecule has 1 heterocycles. The summed E-state index contributed by atoms with van der Waals surface area (Å²) >= 11 is 0. The maximum atomic E-state index is 14.1. The smallest absolute Gasteiger partial charge is 0.306 e. The van der Waals surface area contributed by atoms with E-state index in [0.717, 1.165) is 18.2 Å². The normalized spacial score (nSPS) is 20.7. The van der Waals surface area contributed by atoms with Crippen LogP contribution >= 0.6 is 0 Å². The van der Waals surface area contributed by atoms with Crippen molar-refractivity contribution < 1.29 is 28.6 Å². The molecule has 2 rings (SSSR count). The number of carbonyl (C=O) groups is 2. The van der Waals surface area contributed by atoms with Crippen LogP contribution in [0.4, 0.5) is 14.5 Å². The zero-order valence-corrected chi connectivity index (χ0v) is 16.2. The standard InChI is InChI=1S/C19H27F2N3O4/c1-11(18(27)28)6-16(25)14(22)8-23-9-17(26)24(10-19(23,2)3)15-7-12(20)4-5-13(15)21/h4-5,7,11,14,16,25H,6,8-10,22H2,1-3H3,(H,27,28)/t11-,14+,16+/m1/s1. The number of carbonyl (C=O) groups excluding carboxylic acids is 1. The minimum atomic E-state index is -1.05. The number of amides is 1. The van der Waals surface area contributed by atoms with Gasteiger partial charge in [0.15, 0.2) is 0 Å². The van der Waals surface area contributed by atoms with Gasteiger partial charge >= 0.3 is 5.97 Å². The fraction of sp³-hybridized carbons (Fsp3) is 0.579. The van der Waals surface area contributed by atoms with Crippen LogP contribution in [-0.4, -0.2) is 64.3 Å². The van der Waals surface area contributed by atoms with Crippen molar-refractivity contribution in [3.8, 4) is 0 Å². The molecule has 0 radical (unpaired) electrons. The molecule has 9 heteroatoms. The van der Waals surface area contributed by atoms with E-state index in [1.807, 2.05) is 13.8 Å². The first kappa shape index (κ1) is 22.2. The van der Waals surface area contributed by atoms with Crippen molar-refractivity contribution in [3.05, 3.63) is 29.8 Å². The van der Waals surface area contributed by atoms with E-state index in [1.54, 1.807) is 4.90 Å². The first-order valence-corrected chi connectivity index (χ1v) is 9.09. The van der Waals surface area contributed by atoms with E-state index in [1.165, 1.54) is 11.8 Å². The van der Waals surface area contributed by atoms with Crippen LogP contribution in [0.25, 0.3) is 0 Å². The maximum absolute atomic E-state index is 14.1. The first-order chi connectivity index (χ1) is 12.9. The molecule has 1 fully saturated rings. The van der Waals surface area contributed by atoms with Crippen LogP contribution in [0.1, 0.15) is 27.2 Å². The molecule has 0 aromatic heterocycles. The molecule has 0 bridgehead atoms. The molecule has 1 aromatic carbocycles. The Balaban J connectivity index is 2.10. The molecule has 28 heavy (non-hydrogen) atoms. The van der Waals surface area contributed by atoms with E-state index in [2.05, 4.69) is 0 Å². The van der Waals surface area contributed by atoms with Crippen LogP contribution < -0.4 is 10.6 Å². The number of hydrogen-bond donors (Lipinski definition) is 3. The number of nitrogens with zero attached hydrogens (tertiary/aromatic N) is 2. The van der Waals surface area contributed by atoms with Crippen molar-refractivity contribution in [2.24, 2.45) is 11.7 Å². The van der Waals surface area contributed by atoms with Crippen molar-refractivity contribution in [2.75, 3.05) is 24.5 Å². The van der Waals surface area contributed by atoms with Gasteiger partial charge in [0.1, 0.15) is 11.6 Å². The van der Waals surface area contributed by atoms with Crippen LogP contribution in [-0.2, 0) is 9.59 Å². The Kier molecular flexibility index (Phi) is 6.74. The Hall–Kier alpha value is -2.10. The maximum Gasteiger partial charge on any atom is 0.306 e. The zero-order chi connectivity index (χ0) is 21.2. The van der Waals surface area contributed by atoms with E-state index >= 15 is 0 Å². The molecular weight excluding hydrogens is 372 g/mol. The molecule has 0 saturated carbocycles. The molecule has 1 amide bonds. The molecule has 0 aliphatic carbocycles. The lowest BCUT2D eigenvalue weighted by Crippen LogP contribution is -2.64. The number of aliphatic hydroxyl groups excluding tert-OH is 1. The Bertz CT molecular complexity index is 744. The summed E-state index contributed by atoms with van der Waals surface area (Å²) in [5.74, 6) is -3.50. The van der Waals surface area contributed by atoms with E-state index < -0.39 is 47.1 Å². The van der Waals surface area contributed by atoms with Gasteiger partial charge in [-0.05, 0) is 32.4 Å². The van der Waals surface area contributed by atoms with Gasteiger partial charge in [-0.3, -0.25) is 14.5 Å². The van der Waals surface area contributed by atoms with Crippen molar-refractivity contribution in [2.45, 2.75) is 44.9 Å². The molecule has 3 atom stereocenters. The molecular formula is C19H27F2N3O4. The SMILES string of the molecule is C[C@H](C[C@H](O)[C@@H](N)CN1CC(=O)N(c2cc(F)ccc2F)CC1(C)C)C(=O)O. The third kappa shape index (κ3) is 5.03. The van der Waals surface area contributed by atoms with Crippen LogP contribution in [0.3, 0.4) is 0 Å². The minimum Gasteiger partial charge on any atom is -0.481 e. The van der Waals surface area contributed by atoms with E-state index in [4.69, 9.17) is 10.8 Å². The monoisotopic (exact) mass is 399 g/mol. The van der Waals surface area contributed by atoms with Gasteiger partial charge in [0.2, 0.25) is 5.91 Å². The lowest BCUT2D eigenvalue weighted by Gasteiger charge is -2.47. The number of rotatable bonds is 7. The molecule has 4 N–H and O–H groups in total. The summed E-state index contributed by atoms with van der Waals surface area (Å²) in [6, 6.07) is 2.20. The largest absolute Gasteiger partial charge is 0.481 e. The number of carboxylic acid groups (broad SMARTS) is 1. The highest BCUT2D eigenvalue weighted by Crippen LogP contribution is 2.29. The van der Waals surface area contributed by atoms with E-state index in [9.17, 15) is 23.5 Å². The summed E-state index contributed by atoms with van der Waals surface area (Å²) in [7, 11) is 0. The zero-order valence-electron chi connectivity index (χ0n) is 16.2. The lowest BCUT2D eigenvalue weighted by molar-refractivity contribution is -0.142. The van der Waals surface area contributed by atoms with Gasteiger partial charge < -0.3 is 20.8 Å². The molecule has 1 aromatic rings. The Morgan fingerprint density at radius 1 is 1.36 bits per heavy atom. The summed E-state index contributed by atoms with van der Waals surface area (Å²) < 4.78 is 27.6. The highest BCUT2D eigenvalue weighted by Gasteiger charge is 2.40. The van der Waals surface area contributed by atoms with Gasteiger partial charge in [-0.2, -0.15) is 0 Å². The summed E-state index contributed by atoms with van der Waals surface area (Å²) in [4.78, 5) is 26.5. The molecule has 1 aliphatic rings. The van der Waals surface area contributed by atoms with E-state index in [-0.39, 0.29) is 31.7 Å². The molecule has 7 nitrogen and oxygen atoms in total. The molecule has 1 saturated heterocycles. The molecule has 156 valence electrons. The molecule has 1 aliphatic heterocycles. The Labute approximate surface area is 162 Å². The summed E-state index contributed by atoms with van der Waals surface area (Å²) in [5, 5.41) is 19.2. The third-order valence-corrected chi connectivity index (χ3v) is 5.17. The van der Waals surface area contributed by atoms with Gasteiger partial charge in [-0.25, -0.2) is 8.78 Å². The fourth-order valence-corrected chi connectivity index (χ4v) is 3.28. The quantitative estimate of drug-likeness (QED) is 0.636. The number of nitrogens with two attached hydrogens (primary N) is 1. The number of carboxylic acids is 1. The topological polar surface area (TPSA) is 107 Å². The van der Waals surface area contributed by atoms with Crippen LogP contribution in [0.2, 0.25) is 0 Å². The fourth-order valence-electron chi connectivity index (χ4n) is 3.28. The van der Waals surface area contributed by atoms with Crippen LogP contribution in [0.5, 0.6) is 0 Å².